The quantitative estimate of drug-likeness (QED) is 0.742. The Balaban J connectivity index is 2.83. The second-order valence-corrected chi connectivity index (χ2v) is 3.30. The molecule has 0 bridgehead atoms. The molecule has 0 aliphatic heterocycles. The van der Waals surface area contributed by atoms with E-state index in [2.05, 4.69) is 0 Å². The third-order valence-corrected chi connectivity index (χ3v) is 1.90. The number of carbonyl (C=O) groups excluding carboxylic acids is 1. The molecule has 3 heteroatoms. The molecule has 76 valence electrons. The van der Waals surface area contributed by atoms with Crippen molar-refractivity contribution in [2.45, 2.75) is 26.0 Å². The largest absolute Gasteiger partial charge is 0.456 e. The highest BCUT2D eigenvalue weighted by Gasteiger charge is 2.18. The molecule has 0 unspecified atom stereocenters. The Morgan fingerprint density at radius 1 is 1.36 bits per heavy atom. The summed E-state index contributed by atoms with van der Waals surface area (Å²) in [4.78, 5) is 10.9. The lowest BCUT2D eigenvalue weighted by Crippen LogP contribution is -2.28. The number of rotatable bonds is 3. The first-order chi connectivity index (χ1) is 6.61. The maximum Gasteiger partial charge on any atom is 0.303 e. The first-order valence-corrected chi connectivity index (χ1v) is 4.59. The predicted molar refractivity (Wildman–Crippen MR) is 54.6 cm³/mol. The zero-order valence-electron chi connectivity index (χ0n) is 8.44. The number of esters is 1. The number of carbonyl (C=O) groups is 1. The fourth-order valence-corrected chi connectivity index (χ4v) is 1.30. The topological polar surface area (TPSA) is 52.3 Å². The van der Waals surface area contributed by atoms with Gasteiger partial charge in [0.25, 0.3) is 0 Å². The van der Waals surface area contributed by atoms with E-state index >= 15 is 0 Å². The molecule has 2 atom stereocenters. The van der Waals surface area contributed by atoms with E-state index in [-0.39, 0.29) is 18.1 Å². The second-order valence-electron chi connectivity index (χ2n) is 3.30. The van der Waals surface area contributed by atoms with Gasteiger partial charge in [-0.15, -0.1) is 0 Å². The van der Waals surface area contributed by atoms with Crippen molar-refractivity contribution < 1.29 is 9.53 Å². The minimum atomic E-state index is -0.353. The summed E-state index contributed by atoms with van der Waals surface area (Å²) in [6, 6.07) is 9.30. The van der Waals surface area contributed by atoms with Crippen LogP contribution in [0.4, 0.5) is 0 Å². The average Bonchev–Trinajstić information content (AvgIpc) is 2.15. The van der Waals surface area contributed by atoms with Gasteiger partial charge in [0.15, 0.2) is 0 Å². The average molecular weight is 193 g/mol. The lowest BCUT2D eigenvalue weighted by Gasteiger charge is -2.20. The van der Waals surface area contributed by atoms with Crippen LogP contribution in [0, 0.1) is 0 Å². The molecule has 0 saturated carbocycles. The van der Waals surface area contributed by atoms with Crippen LogP contribution >= 0.6 is 0 Å². The molecular formula is C11H15NO2. The Kier molecular flexibility index (Phi) is 3.65. The number of hydrogen-bond acceptors (Lipinski definition) is 3. The van der Waals surface area contributed by atoms with Gasteiger partial charge in [-0.3, -0.25) is 4.79 Å². The Hall–Kier alpha value is -1.35. The fraction of sp³-hybridized carbons (Fsp3) is 0.364. The molecule has 0 heterocycles. The van der Waals surface area contributed by atoms with Crippen molar-refractivity contribution in [2.24, 2.45) is 5.73 Å². The van der Waals surface area contributed by atoms with Crippen LogP contribution in [0.2, 0.25) is 0 Å². The van der Waals surface area contributed by atoms with E-state index < -0.39 is 0 Å². The molecular weight excluding hydrogens is 178 g/mol. The smallest absolute Gasteiger partial charge is 0.303 e. The van der Waals surface area contributed by atoms with Crippen LogP contribution in [0.5, 0.6) is 0 Å². The van der Waals surface area contributed by atoms with E-state index in [9.17, 15) is 4.79 Å². The summed E-state index contributed by atoms with van der Waals surface area (Å²) in [5, 5.41) is 0. The number of nitrogens with two attached hydrogens (primary N) is 1. The Morgan fingerprint density at radius 3 is 2.36 bits per heavy atom. The van der Waals surface area contributed by atoms with Crippen molar-refractivity contribution in [3.63, 3.8) is 0 Å². The molecule has 0 saturated heterocycles. The van der Waals surface area contributed by atoms with Gasteiger partial charge in [0.2, 0.25) is 0 Å². The molecule has 1 aromatic carbocycles. The normalized spacial score (nSPS) is 14.5. The maximum atomic E-state index is 10.9. The molecule has 0 amide bonds. The van der Waals surface area contributed by atoms with Crippen LogP contribution in [-0.4, -0.2) is 12.0 Å². The lowest BCUT2D eigenvalue weighted by molar-refractivity contribution is -0.147. The highest BCUT2D eigenvalue weighted by Crippen LogP contribution is 2.19. The van der Waals surface area contributed by atoms with Gasteiger partial charge in [0.05, 0.1) is 0 Å². The predicted octanol–water partition coefficient (Wildman–Crippen LogP) is 1.64. The van der Waals surface area contributed by atoms with Gasteiger partial charge in [0, 0.05) is 13.0 Å². The van der Waals surface area contributed by atoms with Crippen molar-refractivity contribution in [3.8, 4) is 0 Å². The van der Waals surface area contributed by atoms with E-state index in [1.54, 1.807) is 0 Å². The van der Waals surface area contributed by atoms with Gasteiger partial charge in [-0.05, 0) is 12.5 Å². The van der Waals surface area contributed by atoms with E-state index in [0.29, 0.717) is 0 Å². The lowest BCUT2D eigenvalue weighted by atomic mass is 10.0. The molecule has 3 nitrogen and oxygen atoms in total. The molecule has 0 fully saturated rings. The summed E-state index contributed by atoms with van der Waals surface area (Å²) in [5.74, 6) is -0.309. The standard InChI is InChI=1S/C11H15NO2/c1-8(12)11(14-9(2)13)10-6-4-3-5-7-10/h3-8,11H,12H2,1-2H3/t8-,11+/m0/s1. The van der Waals surface area contributed by atoms with E-state index in [1.165, 1.54) is 6.92 Å². The molecule has 0 radical (unpaired) electrons. The third-order valence-electron chi connectivity index (χ3n) is 1.90. The van der Waals surface area contributed by atoms with Gasteiger partial charge in [-0.2, -0.15) is 0 Å². The maximum absolute atomic E-state index is 10.9. The van der Waals surface area contributed by atoms with Crippen molar-refractivity contribution in [3.05, 3.63) is 35.9 Å². The van der Waals surface area contributed by atoms with Crippen LogP contribution in [0.3, 0.4) is 0 Å². The number of benzene rings is 1. The SMILES string of the molecule is CC(=O)O[C@@H](c1ccccc1)[C@H](C)N. The van der Waals surface area contributed by atoms with Crippen molar-refractivity contribution >= 4 is 5.97 Å². The zero-order chi connectivity index (χ0) is 10.6. The molecule has 1 rings (SSSR count). The molecule has 14 heavy (non-hydrogen) atoms. The second kappa shape index (κ2) is 4.77. The Bertz CT molecular complexity index is 295. The van der Waals surface area contributed by atoms with Crippen LogP contribution in [0.25, 0.3) is 0 Å². The summed E-state index contributed by atoms with van der Waals surface area (Å²) in [7, 11) is 0. The van der Waals surface area contributed by atoms with Gasteiger partial charge in [-0.25, -0.2) is 0 Å². The number of ether oxygens (including phenoxy) is 1. The van der Waals surface area contributed by atoms with Gasteiger partial charge in [-0.1, -0.05) is 30.3 Å². The van der Waals surface area contributed by atoms with Crippen LogP contribution in [-0.2, 0) is 9.53 Å². The summed E-state index contributed by atoms with van der Waals surface area (Å²) in [5.41, 5.74) is 6.67. The molecule has 0 spiro atoms. The highest BCUT2D eigenvalue weighted by molar-refractivity contribution is 5.66. The van der Waals surface area contributed by atoms with E-state index in [0.717, 1.165) is 5.56 Å². The van der Waals surface area contributed by atoms with E-state index in [1.807, 2.05) is 37.3 Å². The van der Waals surface area contributed by atoms with Crippen molar-refractivity contribution in [1.82, 2.24) is 0 Å². The first kappa shape index (κ1) is 10.7. The molecule has 1 aromatic rings. The van der Waals surface area contributed by atoms with Crippen LogP contribution < -0.4 is 5.73 Å². The van der Waals surface area contributed by atoms with Gasteiger partial charge in [0.1, 0.15) is 6.10 Å². The van der Waals surface area contributed by atoms with Gasteiger partial charge >= 0.3 is 5.97 Å². The highest BCUT2D eigenvalue weighted by atomic mass is 16.5. The van der Waals surface area contributed by atoms with Gasteiger partial charge < -0.3 is 10.5 Å². The summed E-state index contributed by atoms with van der Waals surface area (Å²) in [6.07, 6.45) is -0.353. The Morgan fingerprint density at radius 2 is 1.93 bits per heavy atom. The monoisotopic (exact) mass is 193 g/mol. The third kappa shape index (κ3) is 2.85. The van der Waals surface area contributed by atoms with Crippen molar-refractivity contribution in [1.29, 1.82) is 0 Å². The minimum Gasteiger partial charge on any atom is -0.456 e. The zero-order valence-corrected chi connectivity index (χ0v) is 8.44. The summed E-state index contributed by atoms with van der Waals surface area (Å²) in [6.45, 7) is 3.21. The van der Waals surface area contributed by atoms with Crippen LogP contribution in [0.15, 0.2) is 30.3 Å². The molecule has 0 aliphatic carbocycles. The molecule has 2 N–H and O–H groups in total. The van der Waals surface area contributed by atoms with E-state index in [4.69, 9.17) is 10.5 Å². The first-order valence-electron chi connectivity index (χ1n) is 4.59. The Labute approximate surface area is 83.9 Å². The number of hydrogen-bond donors (Lipinski definition) is 1. The summed E-state index contributed by atoms with van der Waals surface area (Å²) >= 11 is 0. The molecule has 0 aliphatic rings. The van der Waals surface area contributed by atoms with Crippen molar-refractivity contribution in [2.75, 3.05) is 0 Å². The van der Waals surface area contributed by atoms with Crippen LogP contribution in [0.1, 0.15) is 25.5 Å². The fourth-order valence-electron chi connectivity index (χ4n) is 1.30. The summed E-state index contributed by atoms with van der Waals surface area (Å²) < 4.78 is 5.13. The minimum absolute atomic E-state index is 0.207. The molecule has 0 aromatic heterocycles.